The minimum Gasteiger partial charge on any atom is -0.494 e. The summed E-state index contributed by atoms with van der Waals surface area (Å²) in [6.07, 6.45) is 1.97. The Labute approximate surface area is 190 Å². The van der Waals surface area contributed by atoms with Crippen molar-refractivity contribution in [2.45, 2.75) is 37.9 Å². The molecule has 7 nitrogen and oxygen atoms in total. The summed E-state index contributed by atoms with van der Waals surface area (Å²) in [5.41, 5.74) is 0.969. The van der Waals surface area contributed by atoms with Gasteiger partial charge in [0.1, 0.15) is 17.3 Å². The number of halogens is 1. The molecule has 0 bridgehead atoms. The van der Waals surface area contributed by atoms with Crippen LogP contribution < -0.4 is 14.8 Å². The van der Waals surface area contributed by atoms with Gasteiger partial charge in [0.2, 0.25) is 5.91 Å². The molecule has 3 aromatic rings. The van der Waals surface area contributed by atoms with Crippen LogP contribution in [0.5, 0.6) is 11.5 Å². The van der Waals surface area contributed by atoms with Crippen LogP contribution in [0.4, 0.5) is 10.1 Å². The smallest absolute Gasteiger partial charge is 0.234 e. The molecule has 1 amide bonds. The lowest BCUT2D eigenvalue weighted by Crippen LogP contribution is -2.15. The predicted molar refractivity (Wildman–Crippen MR) is 122 cm³/mol. The van der Waals surface area contributed by atoms with Crippen LogP contribution in [0.2, 0.25) is 0 Å². The summed E-state index contributed by atoms with van der Waals surface area (Å²) < 4.78 is 27.4. The molecule has 32 heavy (non-hydrogen) atoms. The molecule has 9 heteroatoms. The molecule has 1 N–H and O–H groups in total. The highest BCUT2D eigenvalue weighted by molar-refractivity contribution is 7.99. The predicted octanol–water partition coefficient (Wildman–Crippen LogP) is 4.95. The molecule has 168 valence electrons. The number of rotatable bonds is 10. The highest BCUT2D eigenvalue weighted by Crippen LogP contribution is 2.41. The molecule has 0 spiro atoms. The van der Waals surface area contributed by atoms with Gasteiger partial charge < -0.3 is 14.8 Å². The van der Waals surface area contributed by atoms with Crippen LogP contribution in [-0.4, -0.2) is 39.6 Å². The Hall–Kier alpha value is -3.07. The van der Waals surface area contributed by atoms with E-state index in [0.29, 0.717) is 46.9 Å². The lowest BCUT2D eigenvalue weighted by molar-refractivity contribution is -0.113. The van der Waals surface area contributed by atoms with E-state index in [1.807, 2.05) is 18.4 Å². The molecule has 0 unspecified atom stereocenters. The van der Waals surface area contributed by atoms with Crippen LogP contribution in [0.25, 0.3) is 11.4 Å². The lowest BCUT2D eigenvalue weighted by Gasteiger charge is -2.13. The molecular formula is C23H25FN4O3S. The van der Waals surface area contributed by atoms with Gasteiger partial charge in [-0.2, -0.15) is 0 Å². The highest BCUT2D eigenvalue weighted by Gasteiger charge is 2.31. The van der Waals surface area contributed by atoms with Gasteiger partial charge in [0, 0.05) is 12.1 Å². The Bertz CT molecular complexity index is 1100. The normalized spacial score (nSPS) is 13.1. The second-order valence-corrected chi connectivity index (χ2v) is 8.19. The van der Waals surface area contributed by atoms with E-state index >= 15 is 0 Å². The molecule has 1 saturated carbocycles. The van der Waals surface area contributed by atoms with E-state index < -0.39 is 0 Å². The highest BCUT2D eigenvalue weighted by atomic mass is 32.2. The summed E-state index contributed by atoms with van der Waals surface area (Å²) in [7, 11) is 0. The number of amides is 1. The number of anilines is 1. The summed E-state index contributed by atoms with van der Waals surface area (Å²) in [6.45, 7) is 4.79. The molecule has 1 fully saturated rings. The Balaban J connectivity index is 1.48. The van der Waals surface area contributed by atoms with Gasteiger partial charge in [0.05, 0.1) is 30.2 Å². The number of nitrogens with one attached hydrogen (secondary N) is 1. The van der Waals surface area contributed by atoms with Crippen molar-refractivity contribution >= 4 is 23.4 Å². The van der Waals surface area contributed by atoms with E-state index in [2.05, 4.69) is 15.5 Å². The molecule has 1 aromatic heterocycles. The van der Waals surface area contributed by atoms with Crippen molar-refractivity contribution < 1.29 is 18.7 Å². The first-order valence-corrected chi connectivity index (χ1v) is 11.6. The first kappa shape index (κ1) is 22.1. The van der Waals surface area contributed by atoms with Gasteiger partial charge >= 0.3 is 0 Å². The van der Waals surface area contributed by atoms with Gasteiger partial charge in [0.15, 0.2) is 11.0 Å². The van der Waals surface area contributed by atoms with Gasteiger partial charge in [-0.05, 0) is 51.0 Å². The number of carbonyl (C=O) groups excluding carboxylic acids is 1. The third-order valence-electron chi connectivity index (χ3n) is 4.86. The number of thioether (sulfide) groups is 1. The fraction of sp³-hybridized carbons (Fsp3) is 0.348. The lowest BCUT2D eigenvalue weighted by atomic mass is 10.2. The van der Waals surface area contributed by atoms with Gasteiger partial charge in [-0.3, -0.25) is 9.36 Å². The summed E-state index contributed by atoms with van der Waals surface area (Å²) >= 11 is 1.28. The Kier molecular flexibility index (Phi) is 6.94. The van der Waals surface area contributed by atoms with E-state index in [1.54, 1.807) is 36.4 Å². The van der Waals surface area contributed by atoms with Crippen molar-refractivity contribution in [3.8, 4) is 22.9 Å². The second-order valence-electron chi connectivity index (χ2n) is 7.25. The largest absolute Gasteiger partial charge is 0.494 e. The van der Waals surface area contributed by atoms with Crippen molar-refractivity contribution in [1.29, 1.82) is 0 Å². The molecule has 1 aliphatic carbocycles. The minimum atomic E-state index is -0.339. The zero-order valence-corrected chi connectivity index (χ0v) is 18.8. The number of carbonyl (C=O) groups is 1. The monoisotopic (exact) mass is 456 g/mol. The fourth-order valence-electron chi connectivity index (χ4n) is 3.32. The average molecular weight is 457 g/mol. The second kappa shape index (κ2) is 10.0. The molecule has 0 atom stereocenters. The summed E-state index contributed by atoms with van der Waals surface area (Å²) in [4.78, 5) is 12.7. The number of hydrogen-bond donors (Lipinski definition) is 1. The average Bonchev–Trinajstić information content (AvgIpc) is 3.54. The number of aromatic nitrogens is 3. The van der Waals surface area contributed by atoms with Crippen LogP contribution in [0.1, 0.15) is 32.7 Å². The molecule has 1 aliphatic rings. The first-order valence-electron chi connectivity index (χ1n) is 10.6. The van der Waals surface area contributed by atoms with E-state index in [1.165, 1.54) is 17.8 Å². The molecule has 0 saturated heterocycles. The van der Waals surface area contributed by atoms with Gasteiger partial charge in [-0.15, -0.1) is 10.2 Å². The Morgan fingerprint density at radius 1 is 1.16 bits per heavy atom. The maximum Gasteiger partial charge on any atom is 0.234 e. The number of benzene rings is 2. The number of hydrogen-bond acceptors (Lipinski definition) is 6. The Morgan fingerprint density at radius 3 is 2.66 bits per heavy atom. The van der Waals surface area contributed by atoms with Crippen molar-refractivity contribution in [2.24, 2.45) is 0 Å². The van der Waals surface area contributed by atoms with E-state index in [9.17, 15) is 9.18 Å². The topological polar surface area (TPSA) is 78.3 Å². The van der Waals surface area contributed by atoms with Crippen LogP contribution in [-0.2, 0) is 4.79 Å². The number of nitrogens with zero attached hydrogens (tertiary/aromatic N) is 3. The third-order valence-corrected chi connectivity index (χ3v) is 5.80. The van der Waals surface area contributed by atoms with Crippen molar-refractivity contribution in [1.82, 2.24) is 14.8 Å². The maximum absolute atomic E-state index is 14.3. The van der Waals surface area contributed by atoms with E-state index in [0.717, 1.165) is 12.8 Å². The minimum absolute atomic E-state index is 0.132. The zero-order chi connectivity index (χ0) is 22.5. The third kappa shape index (κ3) is 5.04. The van der Waals surface area contributed by atoms with Crippen molar-refractivity contribution in [3.05, 3.63) is 48.3 Å². The Morgan fingerprint density at radius 2 is 1.94 bits per heavy atom. The zero-order valence-electron chi connectivity index (χ0n) is 18.0. The molecule has 0 aliphatic heterocycles. The standard InChI is InChI=1S/C23H25FN4O3S/c1-3-30-16-11-12-20(31-4-2)19(13-16)25-21(29)14-32-23-27-26-22(28(23)15-9-10-15)17-7-5-6-8-18(17)24/h5-8,11-13,15H,3-4,9-10,14H2,1-2H3,(H,25,29). The first-order chi connectivity index (χ1) is 15.6. The van der Waals surface area contributed by atoms with Crippen molar-refractivity contribution in [3.63, 3.8) is 0 Å². The molecule has 4 rings (SSSR count). The molecule has 1 heterocycles. The SMILES string of the molecule is CCOc1ccc(OCC)c(NC(=O)CSc2nnc(-c3ccccc3F)n2C2CC2)c1. The van der Waals surface area contributed by atoms with Gasteiger partial charge in [-0.25, -0.2) is 4.39 Å². The van der Waals surface area contributed by atoms with Crippen molar-refractivity contribution in [2.75, 3.05) is 24.3 Å². The molecule has 0 radical (unpaired) electrons. The van der Waals surface area contributed by atoms with E-state index in [-0.39, 0.29) is 23.5 Å². The van der Waals surface area contributed by atoms with Gasteiger partial charge in [-0.1, -0.05) is 23.9 Å². The van der Waals surface area contributed by atoms with Crippen LogP contribution >= 0.6 is 11.8 Å². The molecular weight excluding hydrogens is 431 g/mol. The van der Waals surface area contributed by atoms with Crippen LogP contribution in [0.3, 0.4) is 0 Å². The molecule has 2 aromatic carbocycles. The quantitative estimate of drug-likeness (QED) is 0.435. The van der Waals surface area contributed by atoms with E-state index in [4.69, 9.17) is 9.47 Å². The number of ether oxygens (including phenoxy) is 2. The summed E-state index contributed by atoms with van der Waals surface area (Å²) in [5.74, 6) is 1.32. The van der Waals surface area contributed by atoms with Crippen LogP contribution in [0.15, 0.2) is 47.6 Å². The fourth-order valence-corrected chi connectivity index (χ4v) is 4.13. The van der Waals surface area contributed by atoms with Gasteiger partial charge in [0.25, 0.3) is 0 Å². The van der Waals surface area contributed by atoms with Crippen LogP contribution in [0, 0.1) is 5.82 Å². The summed E-state index contributed by atoms with van der Waals surface area (Å²) in [5, 5.41) is 12.0. The summed E-state index contributed by atoms with van der Waals surface area (Å²) in [6, 6.07) is 12.1. The maximum atomic E-state index is 14.3.